The minimum atomic E-state index is -4.70. The molecule has 0 radical (unpaired) electrons. The zero-order valence-corrected chi connectivity index (χ0v) is 37.1. The number of rotatable bonds is 38. The van der Waals surface area contributed by atoms with E-state index in [1.54, 1.807) is 6.08 Å². The summed E-state index contributed by atoms with van der Waals surface area (Å²) >= 11 is 0. The second kappa shape index (κ2) is 37.4. The van der Waals surface area contributed by atoms with E-state index in [0.29, 0.717) is 17.4 Å². The number of allylic oxidation sites excluding steroid dienone is 12. The van der Waals surface area contributed by atoms with Gasteiger partial charge in [-0.1, -0.05) is 126 Å². The molecule has 0 aromatic heterocycles. The van der Waals surface area contributed by atoms with Gasteiger partial charge in [0.2, 0.25) is 0 Å². The molecule has 326 valence electrons. The number of phosphoric acid groups is 1. The number of unbranched alkanes of at least 4 members (excludes halogenated alkanes) is 11. The lowest BCUT2D eigenvalue weighted by atomic mass is 10.1. The van der Waals surface area contributed by atoms with E-state index in [2.05, 4.69) is 62.5 Å². The van der Waals surface area contributed by atoms with E-state index < -0.39 is 32.5 Å². The van der Waals surface area contributed by atoms with Crippen LogP contribution in [0.4, 0.5) is 0 Å². The number of ketones is 1. The van der Waals surface area contributed by atoms with E-state index in [1.807, 2.05) is 33.3 Å². The lowest BCUT2D eigenvalue weighted by Gasteiger charge is -2.28. The van der Waals surface area contributed by atoms with Gasteiger partial charge in [0, 0.05) is 19.3 Å². The molecule has 0 rings (SSSR count). The summed E-state index contributed by atoms with van der Waals surface area (Å²) in [7, 11) is 1.000. The normalized spacial score (nSPS) is 14.2. The Morgan fingerprint density at radius 3 is 1.72 bits per heavy atom. The van der Waals surface area contributed by atoms with Crippen LogP contribution in [0.15, 0.2) is 72.9 Å². The molecule has 0 N–H and O–H groups in total. The topological polar surface area (TPSA) is 128 Å². The first-order valence-electron chi connectivity index (χ1n) is 21.6. The SMILES string of the molecule is CCCCC/C=C\C/C=C\C/C=C\C=C\C(=O)CCCC(=O)O[C@H](COC(=O)CCCCCCC/C=C\C/C=C\CCCCC)COP(=O)([O-])OCC[N+](C)(C)C. The number of likely N-dealkylation sites (N-methyl/N-ethyl adjacent to an activating group) is 1. The van der Waals surface area contributed by atoms with Crippen molar-refractivity contribution in [2.75, 3.05) is 47.5 Å². The Morgan fingerprint density at radius 2 is 1.12 bits per heavy atom. The maximum Gasteiger partial charge on any atom is 0.306 e. The molecule has 2 atom stereocenters. The van der Waals surface area contributed by atoms with Crippen molar-refractivity contribution in [3.63, 3.8) is 0 Å². The maximum atomic E-state index is 12.6. The number of carbonyl (C=O) groups is 3. The Hall–Kier alpha value is -2.88. The van der Waals surface area contributed by atoms with Gasteiger partial charge in [-0.15, -0.1) is 0 Å². The van der Waals surface area contributed by atoms with Crippen molar-refractivity contribution in [1.29, 1.82) is 0 Å². The highest BCUT2D eigenvalue weighted by atomic mass is 31.2. The Bertz CT molecular complexity index is 1260. The van der Waals surface area contributed by atoms with Gasteiger partial charge in [0.15, 0.2) is 11.9 Å². The highest BCUT2D eigenvalue weighted by Crippen LogP contribution is 2.38. The van der Waals surface area contributed by atoms with Crippen LogP contribution in [0.25, 0.3) is 0 Å². The third kappa shape index (κ3) is 41.1. The summed E-state index contributed by atoms with van der Waals surface area (Å²) in [6.07, 6.45) is 42.2. The highest BCUT2D eigenvalue weighted by molar-refractivity contribution is 7.45. The summed E-state index contributed by atoms with van der Waals surface area (Å²) in [6, 6.07) is 0. The Balaban J connectivity index is 4.62. The number of nitrogens with zero attached hydrogens (tertiary/aromatic N) is 1. The molecule has 0 aromatic rings. The number of phosphoric ester groups is 1. The fraction of sp³-hybridized carbons (Fsp3) is 0.674. The fourth-order valence-corrected chi connectivity index (χ4v) is 5.95. The quantitative estimate of drug-likeness (QED) is 0.0114. The van der Waals surface area contributed by atoms with Crippen molar-refractivity contribution in [2.24, 2.45) is 0 Å². The third-order valence-electron chi connectivity index (χ3n) is 8.68. The molecule has 11 heteroatoms. The van der Waals surface area contributed by atoms with E-state index in [1.165, 1.54) is 44.6 Å². The zero-order valence-electron chi connectivity index (χ0n) is 36.3. The molecular weight excluding hydrogens is 741 g/mol. The van der Waals surface area contributed by atoms with Crippen LogP contribution >= 0.6 is 7.82 Å². The van der Waals surface area contributed by atoms with Crippen molar-refractivity contribution in [3.8, 4) is 0 Å². The van der Waals surface area contributed by atoms with Crippen LogP contribution in [0.5, 0.6) is 0 Å². The van der Waals surface area contributed by atoms with Crippen LogP contribution in [-0.4, -0.2) is 75.8 Å². The standard InChI is InChI=1S/C46H78NO9P/c1-6-8-10-12-14-16-18-20-21-23-25-27-29-31-33-37-45(49)53-41-44(42-55-57(51,52)54-40-39-47(3,4)5)56-46(50)38-34-36-43(48)35-32-30-28-26-24-22-19-17-15-13-11-9-7-2/h14-17,20-22,24,28,30,32,35,44H,6-13,18-19,23,25-27,29,31,33-34,36-42H2,1-5H3/b16-14-,17-15-,21-20-,24-22-,30-28-,35-32+/t44-/m1/s1. The number of ether oxygens (including phenoxy) is 2. The Labute approximate surface area is 346 Å². The largest absolute Gasteiger partial charge is 0.756 e. The van der Waals surface area contributed by atoms with Crippen LogP contribution in [0.2, 0.25) is 0 Å². The van der Waals surface area contributed by atoms with Crippen molar-refractivity contribution in [1.82, 2.24) is 0 Å². The van der Waals surface area contributed by atoms with Gasteiger partial charge in [0.05, 0.1) is 27.7 Å². The van der Waals surface area contributed by atoms with Crippen molar-refractivity contribution < 1.29 is 46.8 Å². The maximum absolute atomic E-state index is 12.6. The summed E-state index contributed by atoms with van der Waals surface area (Å²) in [5.41, 5.74) is 0. The molecule has 1 unspecified atom stereocenters. The van der Waals surface area contributed by atoms with Gasteiger partial charge in [-0.25, -0.2) is 0 Å². The number of carbonyl (C=O) groups excluding carboxylic acids is 3. The van der Waals surface area contributed by atoms with E-state index in [0.717, 1.165) is 64.2 Å². The van der Waals surface area contributed by atoms with E-state index in [9.17, 15) is 23.8 Å². The minimum Gasteiger partial charge on any atom is -0.756 e. The Kier molecular flexibility index (Phi) is 35.5. The molecule has 0 aromatic carbocycles. The first kappa shape index (κ1) is 54.1. The molecule has 57 heavy (non-hydrogen) atoms. The molecule has 0 aliphatic rings. The van der Waals surface area contributed by atoms with Gasteiger partial charge in [-0.3, -0.25) is 18.9 Å². The van der Waals surface area contributed by atoms with Crippen LogP contribution in [0, 0.1) is 0 Å². The molecule has 0 saturated carbocycles. The first-order valence-corrected chi connectivity index (χ1v) is 23.1. The second-order valence-corrected chi connectivity index (χ2v) is 16.8. The van der Waals surface area contributed by atoms with Crippen molar-refractivity contribution in [3.05, 3.63) is 72.9 Å². The monoisotopic (exact) mass is 820 g/mol. The summed E-state index contributed by atoms with van der Waals surface area (Å²) in [6.45, 7) is 3.85. The predicted octanol–water partition coefficient (Wildman–Crippen LogP) is 10.8. The van der Waals surface area contributed by atoms with Crippen molar-refractivity contribution >= 4 is 25.5 Å². The van der Waals surface area contributed by atoms with E-state index in [-0.39, 0.29) is 44.7 Å². The molecule has 0 aliphatic carbocycles. The molecule has 0 bridgehead atoms. The third-order valence-corrected chi connectivity index (χ3v) is 9.64. The van der Waals surface area contributed by atoms with Gasteiger partial charge >= 0.3 is 11.9 Å². The molecule has 0 amide bonds. The number of hydrogen-bond acceptors (Lipinski definition) is 9. The van der Waals surface area contributed by atoms with E-state index >= 15 is 0 Å². The summed E-state index contributed by atoms with van der Waals surface area (Å²) < 4.78 is 33.6. The summed E-state index contributed by atoms with van der Waals surface area (Å²) in [4.78, 5) is 49.8. The molecule has 0 fully saturated rings. The molecule has 0 saturated heterocycles. The lowest BCUT2D eigenvalue weighted by Crippen LogP contribution is -2.37. The van der Waals surface area contributed by atoms with Crippen LogP contribution < -0.4 is 4.89 Å². The number of esters is 2. The average Bonchev–Trinajstić information content (AvgIpc) is 3.15. The molecule has 0 aliphatic heterocycles. The van der Waals surface area contributed by atoms with Crippen molar-refractivity contribution in [2.45, 2.75) is 155 Å². The lowest BCUT2D eigenvalue weighted by molar-refractivity contribution is -0.870. The fourth-order valence-electron chi connectivity index (χ4n) is 5.22. The minimum absolute atomic E-state index is 0.0707. The van der Waals surface area contributed by atoms with Gasteiger partial charge in [0.1, 0.15) is 19.8 Å². The van der Waals surface area contributed by atoms with Gasteiger partial charge < -0.3 is 27.9 Å². The number of hydrogen-bond donors (Lipinski definition) is 0. The second-order valence-electron chi connectivity index (χ2n) is 15.4. The number of quaternary nitrogens is 1. The average molecular weight is 820 g/mol. The first-order chi connectivity index (χ1) is 27.4. The van der Waals surface area contributed by atoms with Gasteiger partial charge in [-0.05, 0) is 76.7 Å². The van der Waals surface area contributed by atoms with Crippen LogP contribution in [-0.2, 0) is 37.5 Å². The molecule has 10 nitrogen and oxygen atoms in total. The van der Waals surface area contributed by atoms with Gasteiger partial charge in [-0.2, -0.15) is 0 Å². The molecule has 0 spiro atoms. The highest BCUT2D eigenvalue weighted by Gasteiger charge is 2.22. The predicted molar refractivity (Wildman–Crippen MR) is 231 cm³/mol. The Morgan fingerprint density at radius 1 is 0.596 bits per heavy atom. The zero-order chi connectivity index (χ0) is 42.3. The molecular formula is C46H78NO9P. The molecule has 0 heterocycles. The van der Waals surface area contributed by atoms with Crippen LogP contribution in [0.3, 0.4) is 0 Å². The van der Waals surface area contributed by atoms with Gasteiger partial charge in [0.25, 0.3) is 7.82 Å². The smallest absolute Gasteiger partial charge is 0.306 e. The summed E-state index contributed by atoms with van der Waals surface area (Å²) in [5, 5.41) is 0. The van der Waals surface area contributed by atoms with E-state index in [4.69, 9.17) is 18.5 Å². The van der Waals surface area contributed by atoms with Crippen LogP contribution in [0.1, 0.15) is 149 Å². The summed E-state index contributed by atoms with van der Waals surface area (Å²) in [5.74, 6) is -1.24.